The molecule has 1 aliphatic heterocycles. The molecule has 2 atom stereocenters. The summed E-state index contributed by atoms with van der Waals surface area (Å²) in [5.41, 5.74) is 1.62. The van der Waals surface area contributed by atoms with E-state index in [-0.39, 0.29) is 0 Å². The molecule has 1 aromatic rings. The van der Waals surface area contributed by atoms with Crippen molar-refractivity contribution >= 4 is 11.8 Å². The first kappa shape index (κ1) is 17.6. The lowest BCUT2D eigenvalue weighted by Gasteiger charge is -2.21. The van der Waals surface area contributed by atoms with Crippen LogP contribution in [-0.2, 0) is 16.0 Å². The zero-order chi connectivity index (χ0) is 16.9. The van der Waals surface area contributed by atoms with Crippen LogP contribution in [0.1, 0.15) is 39.7 Å². The van der Waals surface area contributed by atoms with Crippen LogP contribution in [-0.4, -0.2) is 30.9 Å². The third-order valence-corrected chi connectivity index (χ3v) is 3.83. The zero-order valence-electron chi connectivity index (χ0n) is 14.5. The maximum absolute atomic E-state index is 11.7. The van der Waals surface area contributed by atoms with Crippen molar-refractivity contribution in [2.75, 3.05) is 18.5 Å². The monoisotopic (exact) mass is 320 g/mol. The van der Waals surface area contributed by atoms with E-state index >= 15 is 0 Å². The number of rotatable bonds is 5. The Hall–Kier alpha value is -1.75. The summed E-state index contributed by atoms with van der Waals surface area (Å²) in [5, 5.41) is 6.31. The first-order valence-corrected chi connectivity index (χ1v) is 8.23. The molecule has 0 saturated carbocycles. The Kier molecular flexibility index (Phi) is 5.88. The van der Waals surface area contributed by atoms with Gasteiger partial charge in [-0.05, 0) is 51.8 Å². The third-order valence-electron chi connectivity index (χ3n) is 3.83. The van der Waals surface area contributed by atoms with Crippen molar-refractivity contribution in [1.29, 1.82) is 0 Å². The normalized spacial score (nSPS) is 19.2. The molecule has 23 heavy (non-hydrogen) atoms. The van der Waals surface area contributed by atoms with Crippen molar-refractivity contribution in [3.05, 3.63) is 29.8 Å². The Morgan fingerprint density at radius 2 is 2.22 bits per heavy atom. The molecule has 5 nitrogen and oxygen atoms in total. The molecule has 1 aliphatic rings. The third kappa shape index (κ3) is 6.10. The molecule has 0 radical (unpaired) electrons. The molecular formula is C18H28N2O3. The number of alkyl carbamates (subject to hydrolysis) is 1. The summed E-state index contributed by atoms with van der Waals surface area (Å²) in [7, 11) is 0. The smallest absolute Gasteiger partial charge is 0.407 e. The van der Waals surface area contributed by atoms with E-state index in [1.54, 1.807) is 0 Å². The van der Waals surface area contributed by atoms with Gasteiger partial charge in [0.15, 0.2) is 0 Å². The number of nitrogens with one attached hydrogen (secondary N) is 2. The van der Waals surface area contributed by atoms with Gasteiger partial charge in [-0.2, -0.15) is 0 Å². The molecule has 5 heteroatoms. The average Bonchev–Trinajstić information content (AvgIpc) is 2.98. The van der Waals surface area contributed by atoms with Crippen molar-refractivity contribution in [1.82, 2.24) is 5.32 Å². The van der Waals surface area contributed by atoms with Crippen LogP contribution in [0.25, 0.3) is 0 Å². The second-order valence-electron chi connectivity index (χ2n) is 7.11. The van der Waals surface area contributed by atoms with Crippen LogP contribution >= 0.6 is 0 Å². The van der Waals surface area contributed by atoms with Gasteiger partial charge < -0.3 is 20.1 Å². The first-order chi connectivity index (χ1) is 10.8. The summed E-state index contributed by atoms with van der Waals surface area (Å²) in [4.78, 5) is 11.7. The van der Waals surface area contributed by atoms with Gasteiger partial charge in [0, 0.05) is 30.8 Å². The van der Waals surface area contributed by atoms with E-state index in [1.807, 2.05) is 39.0 Å². The van der Waals surface area contributed by atoms with Gasteiger partial charge in [0.1, 0.15) is 5.60 Å². The van der Waals surface area contributed by atoms with Gasteiger partial charge in [-0.3, -0.25) is 0 Å². The predicted molar refractivity (Wildman–Crippen MR) is 91.5 cm³/mol. The highest BCUT2D eigenvalue weighted by Crippen LogP contribution is 2.21. The quantitative estimate of drug-likeness (QED) is 0.871. The van der Waals surface area contributed by atoms with E-state index in [9.17, 15) is 4.79 Å². The number of anilines is 1. The average molecular weight is 320 g/mol. The minimum Gasteiger partial charge on any atom is -0.444 e. The van der Waals surface area contributed by atoms with Crippen molar-refractivity contribution in [3.63, 3.8) is 0 Å². The van der Waals surface area contributed by atoms with Gasteiger partial charge in [0.2, 0.25) is 0 Å². The Bertz CT molecular complexity index is 519. The Morgan fingerprint density at radius 3 is 2.87 bits per heavy atom. The second-order valence-corrected chi connectivity index (χ2v) is 7.11. The molecule has 1 fully saturated rings. The Morgan fingerprint density at radius 1 is 1.43 bits per heavy atom. The van der Waals surface area contributed by atoms with Crippen molar-refractivity contribution in [3.8, 4) is 0 Å². The molecule has 2 rings (SSSR count). The molecule has 1 amide bonds. The summed E-state index contributed by atoms with van der Waals surface area (Å²) in [6.07, 6.45) is 0.709. The summed E-state index contributed by atoms with van der Waals surface area (Å²) >= 11 is 0. The van der Waals surface area contributed by atoms with Crippen LogP contribution in [0.4, 0.5) is 10.5 Å². The number of ether oxygens (including phenoxy) is 2. The largest absolute Gasteiger partial charge is 0.444 e. The van der Waals surface area contributed by atoms with Gasteiger partial charge in [0.25, 0.3) is 0 Å². The topological polar surface area (TPSA) is 59.6 Å². The zero-order valence-corrected chi connectivity index (χ0v) is 14.5. The van der Waals surface area contributed by atoms with Gasteiger partial charge in [-0.1, -0.05) is 12.1 Å². The number of carbonyl (C=O) groups is 1. The number of carbonyl (C=O) groups excluding carboxylic acids is 1. The second kappa shape index (κ2) is 7.68. The molecule has 128 valence electrons. The summed E-state index contributed by atoms with van der Waals surface area (Å²) in [5.74, 6) is 0.554. The summed E-state index contributed by atoms with van der Waals surface area (Å²) < 4.78 is 10.7. The number of hydrogen-bond donors (Lipinski definition) is 2. The number of benzene rings is 1. The lowest BCUT2D eigenvalue weighted by Crippen LogP contribution is -2.32. The minimum atomic E-state index is -0.480. The van der Waals surface area contributed by atoms with Gasteiger partial charge in [-0.15, -0.1) is 0 Å². The van der Waals surface area contributed by atoms with E-state index in [4.69, 9.17) is 9.47 Å². The SMILES string of the molecule is CC(Nc1cccc(CNC(=O)OC(C)(C)C)c1)C1CCOC1. The Labute approximate surface area is 138 Å². The number of amides is 1. The van der Waals surface area contributed by atoms with Crippen molar-refractivity contribution in [2.24, 2.45) is 5.92 Å². The molecular weight excluding hydrogens is 292 g/mol. The van der Waals surface area contributed by atoms with Crippen LogP contribution in [0, 0.1) is 5.92 Å². The predicted octanol–water partition coefficient (Wildman–Crippen LogP) is 3.55. The van der Waals surface area contributed by atoms with E-state index < -0.39 is 11.7 Å². The molecule has 1 aromatic carbocycles. The fourth-order valence-electron chi connectivity index (χ4n) is 2.59. The highest BCUT2D eigenvalue weighted by atomic mass is 16.6. The minimum absolute atomic E-state index is 0.367. The van der Waals surface area contributed by atoms with E-state index in [0.717, 1.165) is 30.9 Å². The van der Waals surface area contributed by atoms with E-state index in [2.05, 4.69) is 23.6 Å². The highest BCUT2D eigenvalue weighted by molar-refractivity contribution is 5.67. The highest BCUT2D eigenvalue weighted by Gasteiger charge is 2.22. The van der Waals surface area contributed by atoms with Crippen LogP contribution in [0.2, 0.25) is 0 Å². The van der Waals surface area contributed by atoms with Gasteiger partial charge >= 0.3 is 6.09 Å². The van der Waals surface area contributed by atoms with Crippen molar-refractivity contribution in [2.45, 2.75) is 52.3 Å². The molecule has 1 heterocycles. The molecule has 2 N–H and O–H groups in total. The van der Waals surface area contributed by atoms with Crippen LogP contribution < -0.4 is 10.6 Å². The van der Waals surface area contributed by atoms with E-state index in [0.29, 0.717) is 18.5 Å². The first-order valence-electron chi connectivity index (χ1n) is 8.23. The summed E-state index contributed by atoms with van der Waals surface area (Å²) in [6, 6.07) is 8.46. The maximum Gasteiger partial charge on any atom is 0.407 e. The van der Waals surface area contributed by atoms with Gasteiger partial charge in [0.05, 0.1) is 6.61 Å². The summed E-state index contributed by atoms with van der Waals surface area (Å²) in [6.45, 7) is 9.88. The maximum atomic E-state index is 11.7. The molecule has 0 aliphatic carbocycles. The van der Waals surface area contributed by atoms with Crippen LogP contribution in [0.5, 0.6) is 0 Å². The van der Waals surface area contributed by atoms with Crippen molar-refractivity contribution < 1.29 is 14.3 Å². The van der Waals surface area contributed by atoms with Crippen LogP contribution in [0.15, 0.2) is 24.3 Å². The lowest BCUT2D eigenvalue weighted by molar-refractivity contribution is 0.0523. The molecule has 0 bridgehead atoms. The fourth-order valence-corrected chi connectivity index (χ4v) is 2.59. The fraction of sp³-hybridized carbons (Fsp3) is 0.611. The van der Waals surface area contributed by atoms with Crippen LogP contribution in [0.3, 0.4) is 0 Å². The number of hydrogen-bond acceptors (Lipinski definition) is 4. The van der Waals surface area contributed by atoms with Gasteiger partial charge in [-0.25, -0.2) is 4.79 Å². The standard InChI is InChI=1S/C18H28N2O3/c1-13(15-8-9-22-12-15)20-16-7-5-6-14(10-16)11-19-17(21)23-18(2,3)4/h5-7,10,13,15,20H,8-9,11-12H2,1-4H3,(H,19,21). The Balaban J connectivity index is 1.85. The molecule has 0 spiro atoms. The molecule has 0 aromatic heterocycles. The molecule has 2 unspecified atom stereocenters. The lowest BCUT2D eigenvalue weighted by atomic mass is 10.0. The van der Waals surface area contributed by atoms with E-state index in [1.165, 1.54) is 0 Å². The molecule has 1 saturated heterocycles.